The number of aliphatic imine (C=N–C) groups is 2. The summed E-state index contributed by atoms with van der Waals surface area (Å²) < 4.78 is 10.6. The molecule has 51 heavy (non-hydrogen) atoms. The normalized spacial score (nSPS) is 27.1. The van der Waals surface area contributed by atoms with Gasteiger partial charge in [-0.15, -0.1) is 0 Å². The van der Waals surface area contributed by atoms with Gasteiger partial charge in [0.2, 0.25) is 0 Å². The molecule has 1 saturated heterocycles. The Morgan fingerprint density at radius 1 is 1.02 bits per heavy atom. The number of amides is 1. The number of aliphatic hydroxyl groups excluding tert-OH is 4. The lowest BCUT2D eigenvalue weighted by atomic mass is 9.88. The van der Waals surface area contributed by atoms with E-state index in [-0.39, 0.29) is 23.4 Å². The van der Waals surface area contributed by atoms with Gasteiger partial charge < -0.3 is 50.3 Å². The quantitative estimate of drug-likeness (QED) is 0.102. The first-order chi connectivity index (χ1) is 24.4. The van der Waals surface area contributed by atoms with Crippen LogP contribution in [0.2, 0.25) is 0 Å². The second-order valence-corrected chi connectivity index (χ2v) is 12.5. The Kier molecular flexibility index (Phi) is 10.2. The molecule has 7 atom stereocenters. The second kappa shape index (κ2) is 14.6. The summed E-state index contributed by atoms with van der Waals surface area (Å²) in [6.07, 6.45) is -2.46. The number of phenols is 2. The van der Waals surface area contributed by atoms with E-state index < -0.39 is 72.3 Å². The topological polar surface area (TPSA) is 242 Å². The predicted molar refractivity (Wildman–Crippen MR) is 182 cm³/mol. The van der Waals surface area contributed by atoms with Gasteiger partial charge in [-0.3, -0.25) is 19.7 Å². The summed E-state index contributed by atoms with van der Waals surface area (Å²) in [5.74, 6) is -7.15. The number of aromatic hydroxyl groups is 2. The molecule has 1 amide bonds. The van der Waals surface area contributed by atoms with Crippen LogP contribution in [0.5, 0.6) is 17.2 Å². The average Bonchev–Trinajstić information content (AvgIpc) is 3.74. The number of aryl methyl sites for hydroxylation is 1. The fourth-order valence-corrected chi connectivity index (χ4v) is 6.56. The Bertz CT molecular complexity index is 1880. The van der Waals surface area contributed by atoms with Gasteiger partial charge in [-0.1, -0.05) is 36.4 Å². The molecular weight excluding hydrogens is 666 g/mol. The highest BCUT2D eigenvalue weighted by Gasteiger charge is 2.56. The summed E-state index contributed by atoms with van der Waals surface area (Å²) >= 11 is 0. The van der Waals surface area contributed by atoms with Crippen LogP contribution in [-0.2, 0) is 27.2 Å². The second-order valence-electron chi connectivity index (χ2n) is 12.5. The van der Waals surface area contributed by atoms with Crippen molar-refractivity contribution in [3.8, 4) is 17.2 Å². The lowest BCUT2D eigenvalue weighted by Crippen LogP contribution is -2.67. The molecule has 3 aliphatic rings. The zero-order valence-corrected chi connectivity index (χ0v) is 27.1. The molecule has 15 heteroatoms. The Hall–Kier alpha value is -5.16. The smallest absolute Gasteiger partial charge is 0.355 e. The molecule has 3 aromatic rings. The molecule has 0 unspecified atom stereocenters. The molecule has 3 aromatic carbocycles. The molecule has 0 spiro atoms. The SMILES string of the molecule is O=C(O)[C@H]1[C@H](CCc2ccccc2)c2cc(O)c(O[C@@]3(O)O[C@H](CO)[C@@H](O)[C@H](O)[C@H]3O)cc2N1C(=O)C=Cc1ccc(O)c(CC2=NCN=C2)c1. The summed E-state index contributed by atoms with van der Waals surface area (Å²) in [7, 11) is 0. The van der Waals surface area contributed by atoms with Crippen molar-refractivity contribution in [2.75, 3.05) is 18.2 Å². The summed E-state index contributed by atoms with van der Waals surface area (Å²) in [6, 6.07) is 14.9. The molecular formula is C36H37N3O12. The van der Waals surface area contributed by atoms with Gasteiger partial charge in [-0.25, -0.2) is 4.79 Å². The van der Waals surface area contributed by atoms with Crippen molar-refractivity contribution in [3.63, 3.8) is 0 Å². The minimum atomic E-state index is -3.09. The first kappa shape index (κ1) is 35.7. The van der Waals surface area contributed by atoms with Crippen LogP contribution >= 0.6 is 0 Å². The molecule has 0 bridgehead atoms. The van der Waals surface area contributed by atoms with Crippen molar-refractivity contribution < 1.29 is 59.9 Å². The third-order valence-electron chi connectivity index (χ3n) is 9.18. The minimum absolute atomic E-state index is 0.0148. The number of carbonyl (C=O) groups is 2. The van der Waals surface area contributed by atoms with Gasteiger partial charge in [0.1, 0.15) is 36.8 Å². The molecule has 0 aliphatic carbocycles. The Morgan fingerprint density at radius 3 is 2.47 bits per heavy atom. The zero-order valence-electron chi connectivity index (χ0n) is 27.1. The summed E-state index contributed by atoms with van der Waals surface area (Å²) in [4.78, 5) is 36.2. The van der Waals surface area contributed by atoms with Crippen molar-refractivity contribution in [1.29, 1.82) is 0 Å². The molecule has 3 heterocycles. The number of fused-ring (bicyclic) bond motifs is 1. The maximum atomic E-state index is 14.0. The number of benzene rings is 3. The molecule has 6 rings (SSSR count). The van der Waals surface area contributed by atoms with Crippen LogP contribution in [0.15, 0.2) is 76.7 Å². The maximum Gasteiger partial charge on any atom is 0.355 e. The summed E-state index contributed by atoms with van der Waals surface area (Å²) in [5, 5.41) is 83.6. The average molecular weight is 704 g/mol. The van der Waals surface area contributed by atoms with E-state index in [1.807, 2.05) is 30.3 Å². The van der Waals surface area contributed by atoms with Gasteiger partial charge >= 0.3 is 11.9 Å². The van der Waals surface area contributed by atoms with Crippen LogP contribution in [0, 0.1) is 0 Å². The van der Waals surface area contributed by atoms with E-state index in [1.54, 1.807) is 18.3 Å². The maximum absolute atomic E-state index is 14.0. The van der Waals surface area contributed by atoms with Crippen molar-refractivity contribution in [2.45, 2.75) is 61.6 Å². The summed E-state index contributed by atoms with van der Waals surface area (Å²) in [5.41, 5.74) is 2.96. The Labute approximate surface area is 291 Å². The molecule has 1 fully saturated rings. The van der Waals surface area contributed by atoms with Crippen molar-refractivity contribution in [2.24, 2.45) is 9.98 Å². The zero-order chi connectivity index (χ0) is 36.4. The third kappa shape index (κ3) is 7.21. The van der Waals surface area contributed by atoms with Crippen molar-refractivity contribution in [1.82, 2.24) is 0 Å². The van der Waals surface area contributed by atoms with Crippen LogP contribution in [0.4, 0.5) is 5.69 Å². The number of carboxylic acid groups (broad SMARTS) is 1. The van der Waals surface area contributed by atoms with E-state index in [4.69, 9.17) is 9.47 Å². The Morgan fingerprint density at radius 2 is 1.78 bits per heavy atom. The predicted octanol–water partition coefficient (Wildman–Crippen LogP) is 0.851. The van der Waals surface area contributed by atoms with Gasteiger partial charge in [0.05, 0.1) is 18.0 Å². The number of nitrogens with zero attached hydrogens (tertiary/aromatic N) is 3. The largest absolute Gasteiger partial charge is 0.508 e. The number of aliphatic carboxylic acids is 1. The summed E-state index contributed by atoms with van der Waals surface area (Å²) in [6.45, 7) is -0.569. The highest BCUT2D eigenvalue weighted by atomic mass is 16.8. The van der Waals surface area contributed by atoms with Crippen LogP contribution < -0.4 is 9.64 Å². The Balaban J connectivity index is 1.36. The highest BCUT2D eigenvalue weighted by Crippen LogP contribution is 2.49. The van der Waals surface area contributed by atoms with Gasteiger partial charge in [0.25, 0.3) is 5.91 Å². The molecule has 8 N–H and O–H groups in total. The van der Waals surface area contributed by atoms with E-state index in [9.17, 15) is 50.4 Å². The number of hydrogen-bond donors (Lipinski definition) is 8. The standard InChI is InChI=1S/C36H37N3O12/c40-17-29-32(44)33(45)34(46)36(49,51-29)50-28-15-25-24(14-27(28)42)23(9-6-19-4-2-1-3-5-19)31(35(47)48)39(25)30(43)11-8-20-7-10-26(41)21(12-20)13-22-16-37-18-38-22/h1-5,7-8,10-12,14-16,23,29,31-34,40-42,44-46,49H,6,9,13,17-18H2,(H,47,48)/t23-,29-,31-,32-,33+,34-,36-/m1/s1. The number of carboxylic acids is 1. The lowest BCUT2D eigenvalue weighted by Gasteiger charge is -2.44. The number of rotatable bonds is 11. The lowest BCUT2D eigenvalue weighted by molar-refractivity contribution is -0.422. The first-order valence-corrected chi connectivity index (χ1v) is 16.1. The van der Waals surface area contributed by atoms with E-state index in [1.165, 1.54) is 24.3 Å². The number of phenolic OH excluding ortho intramolecular Hbond substituents is 2. The molecule has 268 valence electrons. The molecule has 0 radical (unpaired) electrons. The number of carbonyl (C=O) groups excluding carboxylic acids is 1. The fourth-order valence-electron chi connectivity index (χ4n) is 6.56. The number of hydrogen-bond acceptors (Lipinski definition) is 13. The third-order valence-corrected chi connectivity index (χ3v) is 9.18. The van der Waals surface area contributed by atoms with E-state index >= 15 is 0 Å². The fraction of sp³-hybridized carbons (Fsp3) is 0.333. The molecule has 3 aliphatic heterocycles. The highest BCUT2D eigenvalue weighted by molar-refractivity contribution is 6.32. The van der Waals surface area contributed by atoms with Crippen molar-refractivity contribution >= 4 is 35.6 Å². The van der Waals surface area contributed by atoms with Crippen LogP contribution in [0.1, 0.15) is 34.6 Å². The number of anilines is 1. The first-order valence-electron chi connectivity index (χ1n) is 16.1. The van der Waals surface area contributed by atoms with Crippen LogP contribution in [-0.4, -0.2) is 114 Å². The van der Waals surface area contributed by atoms with Gasteiger partial charge in [-0.2, -0.15) is 0 Å². The van der Waals surface area contributed by atoms with E-state index in [0.29, 0.717) is 36.3 Å². The van der Waals surface area contributed by atoms with Gasteiger partial charge in [0.15, 0.2) is 17.6 Å². The van der Waals surface area contributed by atoms with Gasteiger partial charge in [0, 0.05) is 36.3 Å². The van der Waals surface area contributed by atoms with Crippen LogP contribution in [0.25, 0.3) is 6.08 Å². The molecule has 0 saturated carbocycles. The number of aliphatic hydroxyl groups is 5. The number of ether oxygens (including phenoxy) is 2. The van der Waals surface area contributed by atoms with Crippen LogP contribution in [0.3, 0.4) is 0 Å². The van der Waals surface area contributed by atoms with Gasteiger partial charge in [-0.05, 0) is 53.8 Å². The van der Waals surface area contributed by atoms with E-state index in [2.05, 4.69) is 9.98 Å². The molecule has 0 aromatic heterocycles. The van der Waals surface area contributed by atoms with Crippen molar-refractivity contribution in [3.05, 3.63) is 89.0 Å². The monoisotopic (exact) mass is 703 g/mol. The van der Waals surface area contributed by atoms with E-state index in [0.717, 1.165) is 16.5 Å². The molecule has 15 nitrogen and oxygen atoms in total. The minimum Gasteiger partial charge on any atom is -0.508 e.